The third-order valence-electron chi connectivity index (χ3n) is 6.82. The summed E-state index contributed by atoms with van der Waals surface area (Å²) < 4.78 is 3.71. The summed E-state index contributed by atoms with van der Waals surface area (Å²) in [6, 6.07) is 3.88. The third-order valence-corrected chi connectivity index (χ3v) is 6.82. The van der Waals surface area contributed by atoms with Crippen molar-refractivity contribution in [3.8, 4) is 0 Å². The predicted octanol–water partition coefficient (Wildman–Crippen LogP) is 3.86. The Hall–Kier alpha value is -2.90. The van der Waals surface area contributed by atoms with Gasteiger partial charge in [-0.1, -0.05) is 13.8 Å². The van der Waals surface area contributed by atoms with Crippen molar-refractivity contribution in [2.24, 2.45) is 5.92 Å². The van der Waals surface area contributed by atoms with Crippen LogP contribution in [0.25, 0.3) is 5.65 Å². The molecule has 0 bridgehead atoms. The Balaban J connectivity index is 1.46. The molecule has 8 heteroatoms. The van der Waals surface area contributed by atoms with Crippen molar-refractivity contribution < 1.29 is 4.79 Å². The van der Waals surface area contributed by atoms with Crippen molar-refractivity contribution in [3.63, 3.8) is 0 Å². The highest BCUT2D eigenvalue weighted by molar-refractivity contribution is 5.93. The molecule has 0 radical (unpaired) electrons. The Kier molecular flexibility index (Phi) is 5.61. The van der Waals surface area contributed by atoms with Crippen LogP contribution in [0.3, 0.4) is 0 Å². The highest BCUT2D eigenvalue weighted by Crippen LogP contribution is 2.33. The first-order valence-corrected chi connectivity index (χ1v) is 12.0. The highest BCUT2D eigenvalue weighted by Gasteiger charge is 2.32. The number of nitrogens with zero attached hydrogens (tertiary/aromatic N) is 7. The van der Waals surface area contributed by atoms with Gasteiger partial charge in [-0.05, 0) is 51.0 Å². The summed E-state index contributed by atoms with van der Waals surface area (Å²) in [7, 11) is 0. The molecule has 2 aliphatic heterocycles. The summed E-state index contributed by atoms with van der Waals surface area (Å²) in [5.74, 6) is 1.82. The molecule has 0 saturated carbocycles. The summed E-state index contributed by atoms with van der Waals surface area (Å²) in [5.41, 5.74) is 3.59. The van der Waals surface area contributed by atoms with Crippen molar-refractivity contribution in [3.05, 3.63) is 41.5 Å². The first-order valence-electron chi connectivity index (χ1n) is 12.0. The molecule has 2 aliphatic rings. The van der Waals surface area contributed by atoms with E-state index < -0.39 is 0 Å². The van der Waals surface area contributed by atoms with Crippen LogP contribution in [-0.2, 0) is 6.54 Å². The molecule has 5 rings (SSSR count). The molecule has 5 heterocycles. The lowest BCUT2D eigenvalue weighted by Crippen LogP contribution is -2.39. The predicted molar refractivity (Wildman–Crippen MR) is 124 cm³/mol. The number of aryl methyl sites for hydroxylation is 2. The van der Waals surface area contributed by atoms with Crippen LogP contribution in [-0.4, -0.2) is 54.8 Å². The van der Waals surface area contributed by atoms with E-state index in [1.54, 1.807) is 6.20 Å². The lowest BCUT2D eigenvalue weighted by atomic mass is 9.99. The summed E-state index contributed by atoms with van der Waals surface area (Å²) in [5, 5.41) is 9.22. The molecular formula is C24H33N7O. The zero-order valence-corrected chi connectivity index (χ0v) is 19.4. The molecule has 0 aliphatic carbocycles. The van der Waals surface area contributed by atoms with Gasteiger partial charge in [-0.25, -0.2) is 9.50 Å². The number of hydrogen-bond acceptors (Lipinski definition) is 5. The minimum absolute atomic E-state index is 0.0292. The molecule has 170 valence electrons. The van der Waals surface area contributed by atoms with Crippen LogP contribution in [0.2, 0.25) is 0 Å². The molecule has 3 aromatic rings. The third kappa shape index (κ3) is 3.76. The lowest BCUT2D eigenvalue weighted by Gasteiger charge is -2.34. The number of likely N-dealkylation sites (tertiary alicyclic amines) is 1. The second-order valence-corrected chi connectivity index (χ2v) is 9.41. The quantitative estimate of drug-likeness (QED) is 0.609. The number of fused-ring (bicyclic) bond motifs is 1. The van der Waals surface area contributed by atoms with Gasteiger partial charge in [-0.3, -0.25) is 9.48 Å². The van der Waals surface area contributed by atoms with Crippen LogP contribution < -0.4 is 4.90 Å². The Labute approximate surface area is 189 Å². The average Bonchev–Trinajstić information content (AvgIpc) is 3.52. The Morgan fingerprint density at radius 2 is 2.09 bits per heavy atom. The number of anilines is 1. The molecule has 32 heavy (non-hydrogen) atoms. The van der Waals surface area contributed by atoms with E-state index in [0.29, 0.717) is 11.6 Å². The van der Waals surface area contributed by atoms with Gasteiger partial charge in [0.2, 0.25) is 0 Å². The zero-order valence-electron chi connectivity index (χ0n) is 19.4. The van der Waals surface area contributed by atoms with Gasteiger partial charge in [-0.15, -0.1) is 0 Å². The van der Waals surface area contributed by atoms with Crippen molar-refractivity contribution in [2.75, 3.05) is 24.5 Å². The minimum Gasteiger partial charge on any atom is -0.356 e. The van der Waals surface area contributed by atoms with E-state index in [1.165, 1.54) is 6.42 Å². The Morgan fingerprint density at radius 1 is 1.22 bits per heavy atom. The molecule has 0 spiro atoms. The number of rotatable bonds is 5. The van der Waals surface area contributed by atoms with Crippen LogP contribution in [0.1, 0.15) is 73.7 Å². The fraction of sp³-hybridized carbons (Fsp3) is 0.583. The average molecular weight is 436 g/mol. The molecule has 0 unspecified atom stereocenters. The zero-order chi connectivity index (χ0) is 22.2. The van der Waals surface area contributed by atoms with E-state index in [-0.39, 0.29) is 11.9 Å². The number of amides is 1. The Bertz CT molecular complexity index is 1120. The minimum atomic E-state index is -0.0292. The largest absolute Gasteiger partial charge is 0.356 e. The van der Waals surface area contributed by atoms with Crippen LogP contribution >= 0.6 is 0 Å². The molecule has 1 amide bonds. The lowest BCUT2D eigenvalue weighted by molar-refractivity contribution is 0.0592. The monoisotopic (exact) mass is 435 g/mol. The standard InChI is InChI=1S/C24H33N7O/c1-4-11-30-21(8-10-25-30)24(32)29-12-6-5-7-20(29)19-14-22-26-23(18(3)16-31(22)27-19)28-13-9-17(2)15-28/h8,10,14,16-17,20H,4-7,9,11-13,15H2,1-3H3/t17-,20-/m0/s1. The van der Waals surface area contributed by atoms with E-state index in [1.807, 2.05) is 20.2 Å². The molecule has 2 fully saturated rings. The van der Waals surface area contributed by atoms with Gasteiger partial charge in [0.1, 0.15) is 11.5 Å². The van der Waals surface area contributed by atoms with Crippen LogP contribution in [0.5, 0.6) is 0 Å². The highest BCUT2D eigenvalue weighted by atomic mass is 16.2. The van der Waals surface area contributed by atoms with E-state index in [0.717, 1.165) is 74.6 Å². The summed E-state index contributed by atoms with van der Waals surface area (Å²) in [6.07, 6.45) is 9.00. The number of carbonyl (C=O) groups excluding carboxylic acids is 1. The number of hydrogen-bond donors (Lipinski definition) is 0. The van der Waals surface area contributed by atoms with Crippen LogP contribution in [0.4, 0.5) is 5.82 Å². The van der Waals surface area contributed by atoms with Gasteiger partial charge >= 0.3 is 0 Å². The second-order valence-electron chi connectivity index (χ2n) is 9.41. The Morgan fingerprint density at radius 3 is 2.88 bits per heavy atom. The molecule has 0 N–H and O–H groups in total. The first kappa shape index (κ1) is 21.0. The van der Waals surface area contributed by atoms with E-state index in [9.17, 15) is 4.79 Å². The van der Waals surface area contributed by atoms with Crippen LogP contribution in [0, 0.1) is 12.8 Å². The second kappa shape index (κ2) is 8.56. The fourth-order valence-electron chi connectivity index (χ4n) is 5.16. The van der Waals surface area contributed by atoms with E-state index in [2.05, 4.69) is 43.0 Å². The number of aromatic nitrogens is 5. The van der Waals surface area contributed by atoms with Gasteiger partial charge < -0.3 is 9.80 Å². The smallest absolute Gasteiger partial charge is 0.272 e. The summed E-state index contributed by atoms with van der Waals surface area (Å²) >= 11 is 0. The number of piperidine rings is 1. The van der Waals surface area contributed by atoms with Gasteiger partial charge in [-0.2, -0.15) is 10.2 Å². The SMILES string of the molecule is CCCn1nccc1C(=O)N1CCCC[C@H]1c1cc2nc(N3CC[C@H](C)C3)c(C)cn2n1. The molecule has 8 nitrogen and oxygen atoms in total. The van der Waals surface area contributed by atoms with Gasteiger partial charge in [0.25, 0.3) is 5.91 Å². The van der Waals surface area contributed by atoms with Gasteiger partial charge in [0.15, 0.2) is 5.65 Å². The normalized spacial score (nSPS) is 21.6. The molecule has 0 aromatic carbocycles. The molecule has 2 saturated heterocycles. The fourth-order valence-corrected chi connectivity index (χ4v) is 5.16. The maximum Gasteiger partial charge on any atom is 0.272 e. The molecular weight excluding hydrogens is 402 g/mol. The van der Waals surface area contributed by atoms with Crippen molar-refractivity contribution in [2.45, 2.75) is 65.5 Å². The first-order chi connectivity index (χ1) is 15.5. The van der Waals surface area contributed by atoms with Crippen molar-refractivity contribution in [1.29, 1.82) is 0 Å². The number of carbonyl (C=O) groups is 1. The van der Waals surface area contributed by atoms with Gasteiger partial charge in [0, 0.05) is 50.2 Å². The maximum atomic E-state index is 13.5. The molecule has 3 aromatic heterocycles. The maximum absolute atomic E-state index is 13.5. The van der Waals surface area contributed by atoms with Crippen molar-refractivity contribution in [1.82, 2.24) is 29.3 Å². The van der Waals surface area contributed by atoms with Gasteiger partial charge in [0.05, 0.1) is 11.7 Å². The van der Waals surface area contributed by atoms with E-state index in [4.69, 9.17) is 10.1 Å². The van der Waals surface area contributed by atoms with Crippen LogP contribution in [0.15, 0.2) is 24.5 Å². The summed E-state index contributed by atoms with van der Waals surface area (Å²) in [6.45, 7) is 10.1. The summed E-state index contributed by atoms with van der Waals surface area (Å²) in [4.78, 5) is 22.8. The van der Waals surface area contributed by atoms with Crippen molar-refractivity contribution >= 4 is 17.4 Å². The molecule has 2 atom stereocenters. The van der Waals surface area contributed by atoms with E-state index >= 15 is 0 Å². The topological polar surface area (TPSA) is 71.6 Å².